The van der Waals surface area contributed by atoms with Crippen LogP contribution in [0.1, 0.15) is 12.1 Å². The molecule has 0 aliphatic rings. The van der Waals surface area contributed by atoms with E-state index in [1.165, 1.54) is 7.11 Å². The quantitative estimate of drug-likeness (QED) is 0.739. The van der Waals surface area contributed by atoms with Crippen LogP contribution in [0.5, 0.6) is 0 Å². The topological polar surface area (TPSA) is 80.3 Å². The first kappa shape index (κ1) is 16.3. The van der Waals surface area contributed by atoms with Gasteiger partial charge in [0.1, 0.15) is 6.04 Å². The summed E-state index contributed by atoms with van der Waals surface area (Å²) in [5, 5.41) is 5.26. The number of hydrogen-bond acceptors (Lipinski definition) is 5. The highest BCUT2D eigenvalue weighted by atomic mass is 32.2. The highest BCUT2D eigenvalue weighted by Crippen LogP contribution is 2.02. The summed E-state index contributed by atoms with van der Waals surface area (Å²) in [6.07, 6.45) is 4.13. The molecule has 2 amide bonds. The van der Waals surface area contributed by atoms with E-state index in [9.17, 15) is 9.59 Å². The summed E-state index contributed by atoms with van der Waals surface area (Å²) in [6, 6.07) is 4.42. The molecular weight excluding hydrogens is 278 g/mol. The monoisotopic (exact) mass is 297 g/mol. The van der Waals surface area contributed by atoms with Crippen molar-refractivity contribution in [3.05, 3.63) is 30.1 Å². The maximum atomic E-state index is 11.7. The predicted molar refractivity (Wildman–Crippen MR) is 78.4 cm³/mol. The Hall–Kier alpha value is -1.76. The number of urea groups is 1. The van der Waals surface area contributed by atoms with Crippen molar-refractivity contribution in [1.82, 2.24) is 15.6 Å². The molecule has 0 aliphatic carbocycles. The minimum atomic E-state index is -0.629. The van der Waals surface area contributed by atoms with Gasteiger partial charge in [0.25, 0.3) is 0 Å². The number of carbonyl (C=O) groups is 2. The molecule has 1 aromatic rings. The van der Waals surface area contributed by atoms with Gasteiger partial charge in [-0.3, -0.25) is 4.98 Å². The molecule has 0 radical (unpaired) electrons. The molecule has 1 rings (SSSR count). The number of thioether (sulfide) groups is 1. The average molecular weight is 297 g/mol. The Morgan fingerprint density at radius 1 is 1.45 bits per heavy atom. The highest BCUT2D eigenvalue weighted by molar-refractivity contribution is 7.98. The zero-order valence-corrected chi connectivity index (χ0v) is 12.4. The third kappa shape index (κ3) is 5.92. The largest absolute Gasteiger partial charge is 0.467 e. The number of nitrogens with one attached hydrogen (secondary N) is 2. The van der Waals surface area contributed by atoms with Crippen LogP contribution in [0, 0.1) is 0 Å². The van der Waals surface area contributed by atoms with Crippen molar-refractivity contribution in [2.45, 2.75) is 19.0 Å². The van der Waals surface area contributed by atoms with Crippen LogP contribution in [0.3, 0.4) is 0 Å². The molecule has 6 nitrogen and oxygen atoms in total. The van der Waals surface area contributed by atoms with E-state index in [1.807, 2.05) is 18.4 Å². The molecule has 0 saturated heterocycles. The first-order valence-electron chi connectivity index (χ1n) is 6.18. The highest BCUT2D eigenvalue weighted by Gasteiger charge is 2.20. The molecule has 0 fully saturated rings. The van der Waals surface area contributed by atoms with Gasteiger partial charge in [0, 0.05) is 6.20 Å². The number of rotatable bonds is 7. The fourth-order valence-corrected chi connectivity index (χ4v) is 1.98. The van der Waals surface area contributed by atoms with Gasteiger partial charge in [0.2, 0.25) is 0 Å². The second kappa shape index (κ2) is 9.19. The molecule has 0 saturated carbocycles. The second-order valence-electron chi connectivity index (χ2n) is 4.01. The molecule has 1 aromatic heterocycles. The lowest BCUT2D eigenvalue weighted by atomic mass is 10.2. The Morgan fingerprint density at radius 3 is 2.85 bits per heavy atom. The molecule has 1 atom stereocenters. The van der Waals surface area contributed by atoms with E-state index >= 15 is 0 Å². The van der Waals surface area contributed by atoms with E-state index in [2.05, 4.69) is 20.4 Å². The molecule has 0 bridgehead atoms. The molecule has 20 heavy (non-hydrogen) atoms. The number of methoxy groups -OCH3 is 1. The molecule has 0 aliphatic heterocycles. The Bertz CT molecular complexity index is 428. The van der Waals surface area contributed by atoms with Gasteiger partial charge in [-0.25, -0.2) is 9.59 Å². The van der Waals surface area contributed by atoms with Gasteiger partial charge in [-0.2, -0.15) is 11.8 Å². The predicted octanol–water partition coefficient (Wildman–Crippen LogP) is 1.18. The van der Waals surface area contributed by atoms with Crippen molar-refractivity contribution < 1.29 is 14.3 Å². The van der Waals surface area contributed by atoms with E-state index in [-0.39, 0.29) is 0 Å². The maximum absolute atomic E-state index is 11.7. The molecule has 2 N–H and O–H groups in total. The zero-order valence-electron chi connectivity index (χ0n) is 11.6. The van der Waals surface area contributed by atoms with Crippen LogP contribution in [0.2, 0.25) is 0 Å². The lowest BCUT2D eigenvalue weighted by Gasteiger charge is -2.16. The van der Waals surface area contributed by atoms with Crippen LogP contribution >= 0.6 is 11.8 Å². The summed E-state index contributed by atoms with van der Waals surface area (Å²) in [5.41, 5.74) is 0.751. The fraction of sp³-hybridized carbons (Fsp3) is 0.462. The van der Waals surface area contributed by atoms with Crippen LogP contribution < -0.4 is 10.6 Å². The number of carbonyl (C=O) groups excluding carboxylic acids is 2. The van der Waals surface area contributed by atoms with Gasteiger partial charge >= 0.3 is 12.0 Å². The van der Waals surface area contributed by atoms with Gasteiger partial charge in [-0.1, -0.05) is 6.07 Å². The number of amides is 2. The van der Waals surface area contributed by atoms with Crippen molar-refractivity contribution in [2.24, 2.45) is 0 Å². The number of aromatic nitrogens is 1. The van der Waals surface area contributed by atoms with Crippen molar-refractivity contribution in [3.63, 3.8) is 0 Å². The van der Waals surface area contributed by atoms with Gasteiger partial charge < -0.3 is 15.4 Å². The lowest BCUT2D eigenvalue weighted by Crippen LogP contribution is -2.46. The summed E-state index contributed by atoms with van der Waals surface area (Å²) < 4.78 is 4.67. The number of hydrogen-bond donors (Lipinski definition) is 2. The third-order valence-corrected chi connectivity index (χ3v) is 3.20. The number of ether oxygens (including phenoxy) is 1. The zero-order chi connectivity index (χ0) is 14.8. The fourth-order valence-electron chi connectivity index (χ4n) is 1.51. The molecule has 7 heteroatoms. The third-order valence-electron chi connectivity index (χ3n) is 2.56. The number of esters is 1. The minimum Gasteiger partial charge on any atom is -0.467 e. The first-order valence-corrected chi connectivity index (χ1v) is 7.57. The van der Waals surface area contributed by atoms with Crippen molar-refractivity contribution in [1.29, 1.82) is 0 Å². The lowest BCUT2D eigenvalue weighted by molar-refractivity contribution is -0.142. The summed E-state index contributed by atoms with van der Waals surface area (Å²) in [6.45, 7) is 0.309. The molecule has 110 valence electrons. The van der Waals surface area contributed by atoms with E-state index in [1.54, 1.807) is 24.0 Å². The van der Waals surface area contributed by atoms with E-state index in [0.29, 0.717) is 13.0 Å². The van der Waals surface area contributed by atoms with Gasteiger partial charge in [-0.05, 0) is 30.6 Å². The van der Waals surface area contributed by atoms with E-state index < -0.39 is 18.0 Å². The Kier molecular flexibility index (Phi) is 7.49. The van der Waals surface area contributed by atoms with Crippen molar-refractivity contribution in [2.75, 3.05) is 19.1 Å². The SMILES string of the molecule is COC(=O)[C@@H](CCSC)NC(=O)NCc1ccccn1. The van der Waals surface area contributed by atoms with Crippen LogP contribution in [0.4, 0.5) is 4.79 Å². The van der Waals surface area contributed by atoms with Crippen LogP contribution in [0.15, 0.2) is 24.4 Å². The first-order chi connectivity index (χ1) is 9.67. The average Bonchev–Trinajstić information content (AvgIpc) is 2.49. The normalized spacial score (nSPS) is 11.5. The number of pyridine rings is 1. The Morgan fingerprint density at radius 2 is 2.25 bits per heavy atom. The Labute approximate surface area is 122 Å². The smallest absolute Gasteiger partial charge is 0.328 e. The maximum Gasteiger partial charge on any atom is 0.328 e. The van der Waals surface area contributed by atoms with Gasteiger partial charge in [0.05, 0.1) is 19.3 Å². The van der Waals surface area contributed by atoms with Crippen LogP contribution in [-0.4, -0.2) is 42.1 Å². The molecule has 0 unspecified atom stereocenters. The standard InChI is InChI=1S/C13H19N3O3S/c1-19-12(17)11(6-8-20-2)16-13(18)15-9-10-5-3-4-7-14-10/h3-5,7,11H,6,8-9H2,1-2H3,(H2,15,16,18)/t11-/m1/s1. The molecular formula is C13H19N3O3S. The molecule has 0 aromatic carbocycles. The van der Waals surface area contributed by atoms with E-state index in [0.717, 1.165) is 11.4 Å². The van der Waals surface area contributed by atoms with Crippen molar-refractivity contribution >= 4 is 23.8 Å². The summed E-state index contributed by atoms with van der Waals surface area (Å²) in [5.74, 6) is 0.326. The van der Waals surface area contributed by atoms with Gasteiger partial charge in [-0.15, -0.1) is 0 Å². The number of nitrogens with zero attached hydrogens (tertiary/aromatic N) is 1. The summed E-state index contributed by atoms with van der Waals surface area (Å²) in [7, 11) is 1.31. The summed E-state index contributed by atoms with van der Waals surface area (Å²) >= 11 is 1.61. The van der Waals surface area contributed by atoms with Crippen LogP contribution in [-0.2, 0) is 16.1 Å². The molecule has 1 heterocycles. The second-order valence-corrected chi connectivity index (χ2v) is 4.99. The van der Waals surface area contributed by atoms with Gasteiger partial charge in [0.15, 0.2) is 0 Å². The summed E-state index contributed by atoms with van der Waals surface area (Å²) in [4.78, 5) is 27.4. The molecule has 0 spiro atoms. The Balaban J connectivity index is 2.43. The van der Waals surface area contributed by atoms with Crippen LogP contribution in [0.25, 0.3) is 0 Å². The minimum absolute atomic E-state index is 0.309. The van der Waals surface area contributed by atoms with E-state index in [4.69, 9.17) is 0 Å². The van der Waals surface area contributed by atoms with Crippen molar-refractivity contribution in [3.8, 4) is 0 Å².